The van der Waals surface area contributed by atoms with Gasteiger partial charge in [0.2, 0.25) is 5.91 Å². The quantitative estimate of drug-likeness (QED) is 0.429. The van der Waals surface area contributed by atoms with E-state index in [-0.39, 0.29) is 5.91 Å². The van der Waals surface area contributed by atoms with Crippen LogP contribution >= 0.6 is 0 Å². The van der Waals surface area contributed by atoms with Crippen LogP contribution in [0.2, 0.25) is 0 Å². The van der Waals surface area contributed by atoms with Crippen LogP contribution in [0.15, 0.2) is 11.6 Å². The number of carbonyl (C=O) groups excluding carboxylic acids is 1. The maximum absolute atomic E-state index is 10.4. The Morgan fingerprint density at radius 1 is 1.70 bits per heavy atom. The molecule has 0 fully saturated rings. The minimum absolute atomic E-state index is 0.349. The Labute approximate surface area is 61.3 Å². The lowest BCUT2D eigenvalue weighted by Crippen LogP contribution is -2.16. The van der Waals surface area contributed by atoms with E-state index in [0.29, 0.717) is 12.1 Å². The van der Waals surface area contributed by atoms with E-state index in [1.54, 1.807) is 13.0 Å². The van der Waals surface area contributed by atoms with Gasteiger partial charge in [-0.2, -0.15) is 0 Å². The summed E-state index contributed by atoms with van der Waals surface area (Å²) in [5, 5.41) is 3.05. The van der Waals surface area contributed by atoms with Gasteiger partial charge in [-0.05, 0) is 13.5 Å². The molecule has 0 aliphatic rings. The van der Waals surface area contributed by atoms with Crippen molar-refractivity contribution in [3.63, 3.8) is 0 Å². The minimum atomic E-state index is -0.349. The summed E-state index contributed by atoms with van der Waals surface area (Å²) in [7, 11) is 0. The number of hydrogen-bond acceptors (Lipinski definition) is 2. The highest BCUT2D eigenvalue weighted by molar-refractivity contribution is 5.91. The van der Waals surface area contributed by atoms with Gasteiger partial charge in [0.25, 0.3) is 0 Å². The van der Waals surface area contributed by atoms with E-state index in [9.17, 15) is 4.79 Å². The lowest BCUT2D eigenvalue weighted by Gasteiger charge is -1.95. The van der Waals surface area contributed by atoms with E-state index in [0.717, 1.165) is 6.54 Å². The minimum Gasteiger partial charge on any atom is -0.366 e. The Hall–Kier alpha value is -0.830. The largest absolute Gasteiger partial charge is 0.366 e. The van der Waals surface area contributed by atoms with Crippen LogP contribution in [-0.4, -0.2) is 19.0 Å². The van der Waals surface area contributed by atoms with Gasteiger partial charge in [0.05, 0.1) is 0 Å². The molecule has 3 N–H and O–H groups in total. The first-order chi connectivity index (χ1) is 4.68. The van der Waals surface area contributed by atoms with Crippen molar-refractivity contribution in [1.29, 1.82) is 0 Å². The second kappa shape index (κ2) is 4.99. The van der Waals surface area contributed by atoms with Crippen molar-refractivity contribution in [2.75, 3.05) is 13.1 Å². The van der Waals surface area contributed by atoms with E-state index >= 15 is 0 Å². The van der Waals surface area contributed by atoms with Crippen LogP contribution in [0.25, 0.3) is 0 Å². The Morgan fingerprint density at radius 2 is 2.30 bits per heavy atom. The zero-order valence-corrected chi connectivity index (χ0v) is 6.48. The summed E-state index contributed by atoms with van der Waals surface area (Å²) in [5.74, 6) is -0.349. The van der Waals surface area contributed by atoms with E-state index < -0.39 is 0 Å². The maximum Gasteiger partial charge on any atom is 0.244 e. The topological polar surface area (TPSA) is 55.1 Å². The molecule has 0 aromatic carbocycles. The van der Waals surface area contributed by atoms with Crippen molar-refractivity contribution in [2.24, 2.45) is 5.73 Å². The Balaban J connectivity index is 3.58. The number of rotatable bonds is 4. The molecule has 3 heteroatoms. The molecule has 0 spiro atoms. The number of hydrogen-bond donors (Lipinski definition) is 2. The van der Waals surface area contributed by atoms with Crippen molar-refractivity contribution < 1.29 is 4.79 Å². The van der Waals surface area contributed by atoms with Gasteiger partial charge in [0, 0.05) is 12.1 Å². The van der Waals surface area contributed by atoms with Crippen molar-refractivity contribution in [1.82, 2.24) is 5.32 Å². The zero-order valence-electron chi connectivity index (χ0n) is 6.48. The molecule has 0 rings (SSSR count). The third-order valence-corrected chi connectivity index (χ3v) is 1.19. The van der Waals surface area contributed by atoms with E-state index in [2.05, 4.69) is 5.32 Å². The van der Waals surface area contributed by atoms with Crippen LogP contribution in [0.1, 0.15) is 13.8 Å². The second-order valence-electron chi connectivity index (χ2n) is 2.06. The summed E-state index contributed by atoms with van der Waals surface area (Å²) < 4.78 is 0. The molecule has 1 amide bonds. The van der Waals surface area contributed by atoms with Crippen LogP contribution in [0.5, 0.6) is 0 Å². The molecule has 0 aromatic heterocycles. The van der Waals surface area contributed by atoms with Crippen molar-refractivity contribution in [3.8, 4) is 0 Å². The SMILES string of the molecule is CCNCC=C(C)C(N)=O. The average Bonchev–Trinajstić information content (AvgIpc) is 1.88. The summed E-state index contributed by atoms with van der Waals surface area (Å²) in [4.78, 5) is 10.4. The smallest absolute Gasteiger partial charge is 0.244 e. The highest BCUT2D eigenvalue weighted by Gasteiger charge is 1.93. The van der Waals surface area contributed by atoms with Gasteiger partial charge in [-0.25, -0.2) is 0 Å². The van der Waals surface area contributed by atoms with Crippen LogP contribution in [0, 0.1) is 0 Å². The fourth-order valence-electron chi connectivity index (χ4n) is 0.470. The van der Waals surface area contributed by atoms with Gasteiger partial charge in [0.15, 0.2) is 0 Å². The van der Waals surface area contributed by atoms with Gasteiger partial charge < -0.3 is 11.1 Å². The van der Waals surface area contributed by atoms with E-state index in [1.807, 2.05) is 6.92 Å². The van der Waals surface area contributed by atoms with Crippen molar-refractivity contribution in [2.45, 2.75) is 13.8 Å². The van der Waals surface area contributed by atoms with Gasteiger partial charge in [0.1, 0.15) is 0 Å². The summed E-state index contributed by atoms with van der Waals surface area (Å²) in [6.07, 6.45) is 1.78. The number of carbonyl (C=O) groups is 1. The molecule has 0 aliphatic carbocycles. The molecular weight excluding hydrogens is 128 g/mol. The second-order valence-corrected chi connectivity index (χ2v) is 2.06. The summed E-state index contributed by atoms with van der Waals surface area (Å²) in [6.45, 7) is 5.33. The summed E-state index contributed by atoms with van der Waals surface area (Å²) in [6, 6.07) is 0. The lowest BCUT2D eigenvalue weighted by molar-refractivity contribution is -0.114. The molecule has 0 radical (unpaired) electrons. The van der Waals surface area contributed by atoms with Crippen LogP contribution < -0.4 is 11.1 Å². The van der Waals surface area contributed by atoms with Gasteiger partial charge in [-0.1, -0.05) is 13.0 Å². The molecule has 0 atom stereocenters. The van der Waals surface area contributed by atoms with E-state index in [4.69, 9.17) is 5.73 Å². The Bertz CT molecular complexity index is 141. The highest BCUT2D eigenvalue weighted by atomic mass is 16.1. The molecule has 0 unspecified atom stereocenters. The van der Waals surface area contributed by atoms with Crippen molar-refractivity contribution in [3.05, 3.63) is 11.6 Å². The standard InChI is InChI=1S/C7H14N2O/c1-3-9-5-4-6(2)7(8)10/h4,9H,3,5H2,1-2H3,(H2,8,10). The highest BCUT2D eigenvalue weighted by Crippen LogP contribution is 1.86. The number of nitrogens with two attached hydrogens (primary N) is 1. The Kier molecular flexibility index (Phi) is 4.58. The average molecular weight is 142 g/mol. The summed E-state index contributed by atoms with van der Waals surface area (Å²) >= 11 is 0. The van der Waals surface area contributed by atoms with Crippen LogP contribution in [0.3, 0.4) is 0 Å². The van der Waals surface area contributed by atoms with E-state index in [1.165, 1.54) is 0 Å². The van der Waals surface area contributed by atoms with Gasteiger partial charge >= 0.3 is 0 Å². The maximum atomic E-state index is 10.4. The molecule has 0 aromatic rings. The predicted octanol–water partition coefficient (Wildman–Crippen LogP) is 0.0275. The fraction of sp³-hybridized carbons (Fsp3) is 0.571. The van der Waals surface area contributed by atoms with Crippen molar-refractivity contribution >= 4 is 5.91 Å². The first kappa shape index (κ1) is 9.17. The predicted molar refractivity (Wildman–Crippen MR) is 41.5 cm³/mol. The number of nitrogens with one attached hydrogen (secondary N) is 1. The first-order valence-corrected chi connectivity index (χ1v) is 3.35. The number of amides is 1. The number of primary amides is 1. The fourth-order valence-corrected chi connectivity index (χ4v) is 0.470. The molecule has 10 heavy (non-hydrogen) atoms. The summed E-state index contributed by atoms with van der Waals surface area (Å²) in [5.41, 5.74) is 5.60. The molecular formula is C7H14N2O. The molecule has 0 heterocycles. The third-order valence-electron chi connectivity index (χ3n) is 1.19. The van der Waals surface area contributed by atoms with Gasteiger partial charge in [-0.15, -0.1) is 0 Å². The van der Waals surface area contributed by atoms with Crippen LogP contribution in [0.4, 0.5) is 0 Å². The lowest BCUT2D eigenvalue weighted by atomic mass is 10.3. The molecule has 0 saturated heterocycles. The van der Waals surface area contributed by atoms with Gasteiger partial charge in [-0.3, -0.25) is 4.79 Å². The van der Waals surface area contributed by atoms with Crippen LogP contribution in [-0.2, 0) is 4.79 Å². The monoisotopic (exact) mass is 142 g/mol. The Morgan fingerprint density at radius 3 is 2.70 bits per heavy atom. The third kappa shape index (κ3) is 4.09. The molecule has 0 aliphatic heterocycles. The number of likely N-dealkylation sites (N-methyl/N-ethyl adjacent to an activating group) is 1. The molecule has 58 valence electrons. The molecule has 0 bridgehead atoms. The molecule has 3 nitrogen and oxygen atoms in total. The first-order valence-electron chi connectivity index (χ1n) is 3.35. The molecule has 0 saturated carbocycles. The normalized spacial score (nSPS) is 11.6. The zero-order chi connectivity index (χ0) is 7.98.